The smallest absolute Gasteiger partial charge is 0.203 e. The number of benzene rings is 1. The lowest BCUT2D eigenvalue weighted by Crippen LogP contribution is -2.17. The van der Waals surface area contributed by atoms with Crippen LogP contribution in [0.1, 0.15) is 38.2 Å². The van der Waals surface area contributed by atoms with E-state index >= 15 is 0 Å². The maximum atomic E-state index is 8.83. The number of hydrogen-bond acceptors (Lipinski definition) is 5. The van der Waals surface area contributed by atoms with Gasteiger partial charge in [-0.25, -0.2) is 4.98 Å². The summed E-state index contributed by atoms with van der Waals surface area (Å²) >= 11 is 1.55. The summed E-state index contributed by atoms with van der Waals surface area (Å²) < 4.78 is 0. The molecule has 5 heteroatoms. The maximum absolute atomic E-state index is 8.83. The molecule has 1 atom stereocenters. The Morgan fingerprint density at radius 1 is 1.32 bits per heavy atom. The zero-order valence-electron chi connectivity index (χ0n) is 12.5. The average Bonchev–Trinajstić information content (AvgIpc) is 3.03. The minimum Gasteiger partial charge on any atom is -0.253 e. The van der Waals surface area contributed by atoms with Crippen LogP contribution in [0.2, 0.25) is 0 Å². The molecule has 0 bridgehead atoms. The summed E-state index contributed by atoms with van der Waals surface area (Å²) in [4.78, 5) is 4.56. The molecule has 1 fully saturated rings. The topological polar surface area (TPSA) is 61.1 Å². The van der Waals surface area contributed by atoms with Gasteiger partial charge in [-0.05, 0) is 37.3 Å². The molecule has 1 aliphatic rings. The molecule has 0 aliphatic heterocycles. The van der Waals surface area contributed by atoms with Crippen molar-refractivity contribution in [2.24, 2.45) is 11.0 Å². The number of thiazole rings is 1. The molecule has 0 amide bonds. The number of rotatable bonds is 3. The lowest BCUT2D eigenvalue weighted by Gasteiger charge is -2.19. The summed E-state index contributed by atoms with van der Waals surface area (Å²) in [6, 6.07) is 9.59. The maximum Gasteiger partial charge on any atom is 0.203 e. The highest BCUT2D eigenvalue weighted by molar-refractivity contribution is 7.14. The van der Waals surface area contributed by atoms with Crippen LogP contribution in [0.3, 0.4) is 0 Å². The molecule has 1 aliphatic carbocycles. The van der Waals surface area contributed by atoms with E-state index in [1.165, 1.54) is 25.0 Å². The van der Waals surface area contributed by atoms with Crippen molar-refractivity contribution in [1.82, 2.24) is 4.98 Å². The van der Waals surface area contributed by atoms with Crippen molar-refractivity contribution in [3.8, 4) is 17.3 Å². The number of nitrogens with zero attached hydrogens (tertiary/aromatic N) is 3. The average molecular weight is 310 g/mol. The summed E-state index contributed by atoms with van der Waals surface area (Å²) in [6.07, 6.45) is 4.86. The van der Waals surface area contributed by atoms with Gasteiger partial charge in [0.05, 0.1) is 17.3 Å². The molecule has 0 spiro atoms. The highest BCUT2D eigenvalue weighted by Gasteiger charge is 2.15. The second kappa shape index (κ2) is 6.71. The third-order valence-corrected chi connectivity index (χ3v) is 4.74. The molecule has 0 radical (unpaired) electrons. The van der Waals surface area contributed by atoms with Gasteiger partial charge in [0.1, 0.15) is 0 Å². The van der Waals surface area contributed by atoms with Gasteiger partial charge in [-0.3, -0.25) is 5.43 Å². The van der Waals surface area contributed by atoms with Gasteiger partial charge in [0, 0.05) is 16.7 Å². The van der Waals surface area contributed by atoms with E-state index in [9.17, 15) is 0 Å². The zero-order valence-corrected chi connectivity index (χ0v) is 13.4. The minimum absolute atomic E-state index is 0.569. The van der Waals surface area contributed by atoms with Gasteiger partial charge in [-0.2, -0.15) is 10.4 Å². The van der Waals surface area contributed by atoms with Gasteiger partial charge in [-0.1, -0.05) is 25.5 Å². The summed E-state index contributed by atoms with van der Waals surface area (Å²) in [5, 5.41) is 16.2. The molecule has 0 saturated heterocycles. The van der Waals surface area contributed by atoms with E-state index in [-0.39, 0.29) is 0 Å². The van der Waals surface area contributed by atoms with Gasteiger partial charge in [-0.15, -0.1) is 11.3 Å². The van der Waals surface area contributed by atoms with E-state index in [1.54, 1.807) is 11.3 Å². The molecule has 22 heavy (non-hydrogen) atoms. The van der Waals surface area contributed by atoms with E-state index < -0.39 is 0 Å². The number of nitrogens with one attached hydrogen (secondary N) is 1. The molecule has 3 rings (SSSR count). The molecular formula is C17H18N4S. The van der Waals surface area contributed by atoms with Crippen LogP contribution in [0.4, 0.5) is 5.13 Å². The van der Waals surface area contributed by atoms with Crippen molar-refractivity contribution < 1.29 is 0 Å². The quantitative estimate of drug-likeness (QED) is 0.839. The number of anilines is 1. The Balaban J connectivity index is 1.70. The van der Waals surface area contributed by atoms with Crippen LogP contribution in [-0.4, -0.2) is 10.7 Å². The highest BCUT2D eigenvalue weighted by atomic mass is 32.1. The van der Waals surface area contributed by atoms with Gasteiger partial charge >= 0.3 is 0 Å². The normalized spacial score (nSPS) is 19.8. The lowest BCUT2D eigenvalue weighted by molar-refractivity contribution is 0.558. The summed E-state index contributed by atoms with van der Waals surface area (Å²) in [7, 11) is 0. The Hall–Kier alpha value is -2.19. The van der Waals surface area contributed by atoms with Crippen LogP contribution in [0.15, 0.2) is 34.7 Å². The lowest BCUT2D eigenvalue weighted by atomic mass is 9.89. The van der Waals surface area contributed by atoms with E-state index in [0.717, 1.165) is 22.8 Å². The molecule has 1 saturated carbocycles. The SMILES string of the molecule is C[C@@H]1CCCC/C1=N/Nc1nc(-c2ccc(C#N)cc2)cs1. The largest absolute Gasteiger partial charge is 0.253 e. The predicted octanol–water partition coefficient (Wildman–Crippen LogP) is 4.66. The first-order chi connectivity index (χ1) is 10.8. The second-order valence-corrected chi connectivity index (χ2v) is 6.45. The fraction of sp³-hybridized carbons (Fsp3) is 0.353. The molecule has 2 aromatic rings. The van der Waals surface area contributed by atoms with E-state index in [2.05, 4.69) is 28.5 Å². The first-order valence-electron chi connectivity index (χ1n) is 7.55. The Morgan fingerprint density at radius 3 is 2.86 bits per heavy atom. The highest BCUT2D eigenvalue weighted by Crippen LogP contribution is 2.26. The number of aromatic nitrogens is 1. The minimum atomic E-state index is 0.569. The van der Waals surface area contributed by atoms with Gasteiger partial charge in [0.15, 0.2) is 0 Å². The van der Waals surface area contributed by atoms with Crippen molar-refractivity contribution in [3.05, 3.63) is 35.2 Å². The van der Waals surface area contributed by atoms with E-state index in [1.807, 2.05) is 29.6 Å². The Bertz CT molecular complexity index is 709. The van der Waals surface area contributed by atoms with Crippen molar-refractivity contribution >= 4 is 22.2 Å². The molecule has 1 heterocycles. The second-order valence-electron chi connectivity index (χ2n) is 5.59. The number of hydrogen-bond donors (Lipinski definition) is 1. The Kier molecular flexibility index (Phi) is 4.50. The van der Waals surface area contributed by atoms with E-state index in [0.29, 0.717) is 11.5 Å². The fourth-order valence-corrected chi connectivity index (χ4v) is 3.29. The monoisotopic (exact) mass is 310 g/mol. The molecule has 112 valence electrons. The molecule has 0 unspecified atom stereocenters. The van der Waals surface area contributed by atoms with Crippen molar-refractivity contribution in [2.75, 3.05) is 5.43 Å². The third kappa shape index (κ3) is 3.34. The first-order valence-corrected chi connectivity index (χ1v) is 8.43. The zero-order chi connectivity index (χ0) is 15.4. The fourth-order valence-electron chi connectivity index (χ4n) is 2.63. The molecule has 1 aromatic carbocycles. The van der Waals surface area contributed by atoms with Crippen LogP contribution >= 0.6 is 11.3 Å². The standard InChI is InChI=1S/C17H18N4S/c1-12-4-2-3-5-15(12)20-21-17-19-16(11-22-17)14-8-6-13(10-18)7-9-14/h6-9,11-12H,2-5H2,1H3,(H,19,21)/b20-15-/t12-/m1/s1. The van der Waals surface area contributed by atoms with Crippen LogP contribution < -0.4 is 5.43 Å². The predicted molar refractivity (Wildman–Crippen MR) is 91.0 cm³/mol. The Labute approximate surface area is 134 Å². The van der Waals surface area contributed by atoms with Crippen LogP contribution in [-0.2, 0) is 0 Å². The molecule has 4 nitrogen and oxygen atoms in total. The van der Waals surface area contributed by atoms with Crippen molar-refractivity contribution in [1.29, 1.82) is 5.26 Å². The molecule has 1 aromatic heterocycles. The van der Waals surface area contributed by atoms with Gasteiger partial charge < -0.3 is 0 Å². The number of nitriles is 1. The van der Waals surface area contributed by atoms with Crippen LogP contribution in [0, 0.1) is 17.2 Å². The number of hydrazone groups is 1. The molecule has 1 N–H and O–H groups in total. The van der Waals surface area contributed by atoms with Crippen molar-refractivity contribution in [3.63, 3.8) is 0 Å². The summed E-state index contributed by atoms with van der Waals surface area (Å²) in [5.74, 6) is 0.569. The van der Waals surface area contributed by atoms with Crippen molar-refractivity contribution in [2.45, 2.75) is 32.6 Å². The van der Waals surface area contributed by atoms with Crippen LogP contribution in [0.5, 0.6) is 0 Å². The Morgan fingerprint density at radius 2 is 2.14 bits per heavy atom. The van der Waals surface area contributed by atoms with E-state index in [4.69, 9.17) is 5.26 Å². The third-order valence-electron chi connectivity index (χ3n) is 4.00. The van der Waals surface area contributed by atoms with Crippen LogP contribution in [0.25, 0.3) is 11.3 Å². The first kappa shape index (κ1) is 14.7. The molecular weight excluding hydrogens is 292 g/mol. The van der Waals surface area contributed by atoms with Gasteiger partial charge in [0.2, 0.25) is 5.13 Å². The van der Waals surface area contributed by atoms with Gasteiger partial charge in [0.25, 0.3) is 0 Å². The summed E-state index contributed by atoms with van der Waals surface area (Å²) in [6.45, 7) is 2.24. The summed E-state index contributed by atoms with van der Waals surface area (Å²) in [5.41, 5.74) is 6.94.